The van der Waals surface area contributed by atoms with Gasteiger partial charge in [0.1, 0.15) is 11.8 Å². The normalized spacial score (nSPS) is 11.2. The first kappa shape index (κ1) is 12.6. The molecule has 110 valence electrons. The highest BCUT2D eigenvalue weighted by Gasteiger charge is 2.14. The standard InChI is InChI=1S/C15H13N5O2/c1-21-11-4-3-9(7-12(11)22-2)14-18-19-15-13-10(5-6-16-13)17-8-20(14)15/h3-8,16H,1-2H3. The van der Waals surface area contributed by atoms with Crippen molar-refractivity contribution in [2.45, 2.75) is 0 Å². The average Bonchev–Trinajstić information content (AvgIpc) is 3.19. The largest absolute Gasteiger partial charge is 0.493 e. The monoisotopic (exact) mass is 295 g/mol. The molecule has 4 rings (SSSR count). The minimum absolute atomic E-state index is 0.644. The summed E-state index contributed by atoms with van der Waals surface area (Å²) in [6.45, 7) is 0. The third-order valence-electron chi connectivity index (χ3n) is 3.60. The van der Waals surface area contributed by atoms with Gasteiger partial charge in [-0.15, -0.1) is 10.2 Å². The number of aromatic amines is 1. The van der Waals surface area contributed by atoms with Crippen LogP contribution in [0.4, 0.5) is 0 Å². The molecule has 0 fully saturated rings. The van der Waals surface area contributed by atoms with Gasteiger partial charge in [-0.3, -0.25) is 4.40 Å². The molecule has 0 saturated carbocycles. The van der Waals surface area contributed by atoms with Gasteiger partial charge in [0, 0.05) is 11.8 Å². The van der Waals surface area contributed by atoms with Crippen molar-refractivity contribution in [2.24, 2.45) is 0 Å². The number of benzene rings is 1. The highest BCUT2D eigenvalue weighted by molar-refractivity contribution is 5.88. The van der Waals surface area contributed by atoms with Gasteiger partial charge < -0.3 is 14.5 Å². The molecule has 3 heterocycles. The fourth-order valence-corrected chi connectivity index (χ4v) is 2.51. The van der Waals surface area contributed by atoms with Crippen molar-refractivity contribution in [1.29, 1.82) is 0 Å². The van der Waals surface area contributed by atoms with Gasteiger partial charge in [0.2, 0.25) is 0 Å². The number of nitrogens with one attached hydrogen (secondary N) is 1. The molecule has 0 aliphatic rings. The summed E-state index contributed by atoms with van der Waals surface area (Å²) in [6, 6.07) is 7.53. The number of methoxy groups -OCH3 is 2. The number of rotatable bonds is 3. The number of fused-ring (bicyclic) bond motifs is 3. The highest BCUT2D eigenvalue weighted by atomic mass is 16.5. The predicted molar refractivity (Wildman–Crippen MR) is 81.2 cm³/mol. The Morgan fingerprint density at radius 2 is 1.91 bits per heavy atom. The lowest BCUT2D eigenvalue weighted by molar-refractivity contribution is 0.355. The highest BCUT2D eigenvalue weighted by Crippen LogP contribution is 2.32. The third-order valence-corrected chi connectivity index (χ3v) is 3.60. The van der Waals surface area contributed by atoms with E-state index in [0.29, 0.717) is 17.3 Å². The van der Waals surface area contributed by atoms with Gasteiger partial charge in [-0.05, 0) is 24.3 Å². The van der Waals surface area contributed by atoms with Gasteiger partial charge in [0.15, 0.2) is 23.0 Å². The Morgan fingerprint density at radius 3 is 2.73 bits per heavy atom. The van der Waals surface area contributed by atoms with Crippen molar-refractivity contribution in [3.63, 3.8) is 0 Å². The van der Waals surface area contributed by atoms with Crippen LogP contribution in [0.25, 0.3) is 28.1 Å². The molecule has 7 heteroatoms. The fourth-order valence-electron chi connectivity index (χ4n) is 2.51. The summed E-state index contributed by atoms with van der Waals surface area (Å²) < 4.78 is 12.4. The number of hydrogen-bond acceptors (Lipinski definition) is 5. The van der Waals surface area contributed by atoms with Crippen LogP contribution in [0.1, 0.15) is 0 Å². The van der Waals surface area contributed by atoms with Crippen LogP contribution in [0.15, 0.2) is 36.8 Å². The second-order valence-corrected chi connectivity index (χ2v) is 4.77. The number of ether oxygens (including phenoxy) is 2. The first-order valence-electron chi connectivity index (χ1n) is 6.71. The van der Waals surface area contributed by atoms with Crippen molar-refractivity contribution >= 4 is 16.7 Å². The zero-order chi connectivity index (χ0) is 15.1. The van der Waals surface area contributed by atoms with E-state index in [1.54, 1.807) is 20.5 Å². The molecule has 0 atom stereocenters. The van der Waals surface area contributed by atoms with Crippen LogP contribution in [-0.4, -0.2) is 38.8 Å². The molecule has 1 N–H and O–H groups in total. The lowest BCUT2D eigenvalue weighted by atomic mass is 10.2. The Bertz CT molecular complexity index is 973. The first-order chi connectivity index (χ1) is 10.8. The topological polar surface area (TPSA) is 77.3 Å². The number of H-pyrrole nitrogens is 1. The van der Waals surface area contributed by atoms with Gasteiger partial charge in [-0.1, -0.05) is 0 Å². The van der Waals surface area contributed by atoms with Crippen molar-refractivity contribution in [2.75, 3.05) is 14.2 Å². The first-order valence-corrected chi connectivity index (χ1v) is 6.71. The van der Waals surface area contributed by atoms with E-state index < -0.39 is 0 Å². The van der Waals surface area contributed by atoms with E-state index >= 15 is 0 Å². The summed E-state index contributed by atoms with van der Waals surface area (Å²) in [5.74, 6) is 2.01. The molecule has 0 amide bonds. The van der Waals surface area contributed by atoms with Crippen LogP contribution in [0.2, 0.25) is 0 Å². The van der Waals surface area contributed by atoms with Crippen LogP contribution < -0.4 is 9.47 Å². The van der Waals surface area contributed by atoms with Crippen molar-refractivity contribution in [3.8, 4) is 22.9 Å². The van der Waals surface area contributed by atoms with Gasteiger partial charge >= 0.3 is 0 Å². The van der Waals surface area contributed by atoms with E-state index in [9.17, 15) is 0 Å². The van der Waals surface area contributed by atoms with Gasteiger partial charge in [-0.25, -0.2) is 4.98 Å². The zero-order valence-corrected chi connectivity index (χ0v) is 12.1. The molecule has 7 nitrogen and oxygen atoms in total. The Morgan fingerprint density at radius 1 is 1.05 bits per heavy atom. The molecule has 0 saturated heterocycles. The van der Waals surface area contributed by atoms with Gasteiger partial charge in [0.25, 0.3) is 0 Å². The fraction of sp³-hybridized carbons (Fsp3) is 0.133. The Balaban J connectivity index is 1.94. The van der Waals surface area contributed by atoms with Gasteiger partial charge in [-0.2, -0.15) is 0 Å². The maximum Gasteiger partial charge on any atom is 0.188 e. The summed E-state index contributed by atoms with van der Waals surface area (Å²) >= 11 is 0. The molecule has 0 unspecified atom stereocenters. The minimum atomic E-state index is 0.644. The second kappa shape index (κ2) is 4.73. The van der Waals surface area contributed by atoms with Crippen LogP contribution >= 0.6 is 0 Å². The zero-order valence-electron chi connectivity index (χ0n) is 12.1. The van der Waals surface area contributed by atoms with Crippen molar-refractivity contribution < 1.29 is 9.47 Å². The van der Waals surface area contributed by atoms with E-state index in [2.05, 4.69) is 20.2 Å². The average molecular weight is 295 g/mol. The Labute approximate surface area is 125 Å². The maximum absolute atomic E-state index is 5.34. The Hall–Kier alpha value is -3.09. The molecule has 0 aliphatic heterocycles. The molecule has 0 aliphatic carbocycles. The number of nitrogens with zero attached hydrogens (tertiary/aromatic N) is 4. The number of aromatic nitrogens is 5. The van der Waals surface area contributed by atoms with Crippen LogP contribution in [0.5, 0.6) is 11.5 Å². The maximum atomic E-state index is 5.34. The van der Waals surface area contributed by atoms with E-state index in [0.717, 1.165) is 22.2 Å². The smallest absolute Gasteiger partial charge is 0.188 e. The molecule has 0 bridgehead atoms. The Kier molecular flexibility index (Phi) is 2.72. The van der Waals surface area contributed by atoms with Gasteiger partial charge in [0.05, 0.1) is 19.7 Å². The SMILES string of the molecule is COc1ccc(-c2nnc3c4[nH]ccc4ncn23)cc1OC. The molecule has 22 heavy (non-hydrogen) atoms. The molecule has 3 aromatic heterocycles. The van der Waals surface area contributed by atoms with E-state index in [1.807, 2.05) is 34.9 Å². The molecule has 4 aromatic rings. The summed E-state index contributed by atoms with van der Waals surface area (Å²) in [5.41, 5.74) is 3.33. The van der Waals surface area contributed by atoms with E-state index in [-0.39, 0.29) is 0 Å². The molecule has 1 aromatic carbocycles. The van der Waals surface area contributed by atoms with Crippen LogP contribution in [0, 0.1) is 0 Å². The van der Waals surface area contributed by atoms with Crippen LogP contribution in [-0.2, 0) is 0 Å². The summed E-state index contributed by atoms with van der Waals surface area (Å²) in [4.78, 5) is 7.54. The molecule has 0 radical (unpaired) electrons. The quantitative estimate of drug-likeness (QED) is 0.627. The lowest BCUT2D eigenvalue weighted by Gasteiger charge is -2.08. The molecular weight excluding hydrogens is 282 g/mol. The van der Waals surface area contributed by atoms with Crippen molar-refractivity contribution in [1.82, 2.24) is 24.6 Å². The van der Waals surface area contributed by atoms with E-state index in [1.165, 1.54) is 0 Å². The minimum Gasteiger partial charge on any atom is -0.493 e. The van der Waals surface area contributed by atoms with E-state index in [4.69, 9.17) is 9.47 Å². The summed E-state index contributed by atoms with van der Waals surface area (Å²) in [6.07, 6.45) is 3.56. The lowest BCUT2D eigenvalue weighted by Crippen LogP contribution is -1.94. The van der Waals surface area contributed by atoms with Crippen molar-refractivity contribution in [3.05, 3.63) is 36.8 Å². The predicted octanol–water partition coefficient (Wildman–Crippen LogP) is 2.29. The molecule has 0 spiro atoms. The third kappa shape index (κ3) is 1.72. The summed E-state index contributed by atoms with van der Waals surface area (Å²) in [7, 11) is 3.21. The molecular formula is C15H13N5O2. The second-order valence-electron chi connectivity index (χ2n) is 4.77. The summed E-state index contributed by atoms with van der Waals surface area (Å²) in [5, 5.41) is 8.55. The van der Waals surface area contributed by atoms with Crippen LogP contribution in [0.3, 0.4) is 0 Å². The number of hydrogen-bond donors (Lipinski definition) is 1.